The van der Waals surface area contributed by atoms with E-state index in [9.17, 15) is 18.0 Å². The number of hydrogen-bond donors (Lipinski definition) is 2. The normalized spacial score (nSPS) is 11.4. The summed E-state index contributed by atoms with van der Waals surface area (Å²) in [4.78, 5) is 12.1. The van der Waals surface area contributed by atoms with Gasteiger partial charge in [0.25, 0.3) is 5.91 Å². The standard InChI is InChI=1S/C13H13F3N4O/c1-2-20-11(10(17)7-18-20)12(21)19-9-5-3-4-8(6-9)13(14,15)16/h3-7H,2,17H2,1H3,(H,19,21). The van der Waals surface area contributed by atoms with Crippen molar-refractivity contribution in [2.75, 3.05) is 11.1 Å². The average molecular weight is 298 g/mol. The van der Waals surface area contributed by atoms with E-state index in [-0.39, 0.29) is 17.1 Å². The van der Waals surface area contributed by atoms with Crippen molar-refractivity contribution < 1.29 is 18.0 Å². The topological polar surface area (TPSA) is 72.9 Å². The number of anilines is 2. The SMILES string of the molecule is CCn1ncc(N)c1C(=O)Nc1cccc(C(F)(F)F)c1. The second-order valence-corrected chi connectivity index (χ2v) is 4.30. The number of hydrogen-bond acceptors (Lipinski definition) is 3. The van der Waals surface area contributed by atoms with Crippen molar-refractivity contribution >= 4 is 17.3 Å². The van der Waals surface area contributed by atoms with E-state index in [1.807, 2.05) is 0 Å². The van der Waals surface area contributed by atoms with Gasteiger partial charge in [-0.05, 0) is 25.1 Å². The second kappa shape index (κ2) is 5.47. The van der Waals surface area contributed by atoms with E-state index in [1.54, 1.807) is 6.92 Å². The molecule has 3 N–H and O–H groups in total. The summed E-state index contributed by atoms with van der Waals surface area (Å²) in [6.07, 6.45) is -3.14. The van der Waals surface area contributed by atoms with Gasteiger partial charge < -0.3 is 11.1 Å². The number of halogens is 3. The number of aromatic nitrogens is 2. The molecule has 0 aliphatic carbocycles. The smallest absolute Gasteiger partial charge is 0.396 e. The Hall–Kier alpha value is -2.51. The number of carbonyl (C=O) groups excluding carboxylic acids is 1. The second-order valence-electron chi connectivity index (χ2n) is 4.30. The van der Waals surface area contributed by atoms with Gasteiger partial charge >= 0.3 is 6.18 Å². The van der Waals surface area contributed by atoms with E-state index in [1.165, 1.54) is 23.0 Å². The van der Waals surface area contributed by atoms with Gasteiger partial charge in [-0.25, -0.2) is 0 Å². The number of rotatable bonds is 3. The zero-order valence-electron chi connectivity index (χ0n) is 11.1. The van der Waals surface area contributed by atoms with E-state index < -0.39 is 17.6 Å². The molecular formula is C13H13F3N4O. The summed E-state index contributed by atoms with van der Waals surface area (Å²) in [5, 5.41) is 6.30. The summed E-state index contributed by atoms with van der Waals surface area (Å²) in [5.74, 6) is -0.605. The van der Waals surface area contributed by atoms with Gasteiger partial charge in [0.1, 0.15) is 5.69 Å². The van der Waals surface area contributed by atoms with Crippen LogP contribution in [0.1, 0.15) is 23.0 Å². The summed E-state index contributed by atoms with van der Waals surface area (Å²) >= 11 is 0. The van der Waals surface area contributed by atoms with Gasteiger partial charge in [0.2, 0.25) is 0 Å². The third-order valence-corrected chi connectivity index (χ3v) is 2.83. The highest BCUT2D eigenvalue weighted by Gasteiger charge is 2.30. The monoisotopic (exact) mass is 298 g/mol. The molecule has 0 unspecified atom stereocenters. The molecule has 21 heavy (non-hydrogen) atoms. The molecule has 0 fully saturated rings. The van der Waals surface area contributed by atoms with Crippen LogP contribution in [0.15, 0.2) is 30.5 Å². The Bertz CT molecular complexity index is 664. The molecule has 1 amide bonds. The van der Waals surface area contributed by atoms with E-state index in [0.29, 0.717) is 6.54 Å². The Balaban J connectivity index is 2.26. The van der Waals surface area contributed by atoms with Crippen molar-refractivity contribution in [1.82, 2.24) is 9.78 Å². The van der Waals surface area contributed by atoms with Crippen LogP contribution >= 0.6 is 0 Å². The molecule has 0 aliphatic rings. The fraction of sp³-hybridized carbons (Fsp3) is 0.231. The molecule has 0 saturated heterocycles. The highest BCUT2D eigenvalue weighted by atomic mass is 19.4. The molecule has 1 heterocycles. The number of amides is 1. The van der Waals surface area contributed by atoms with Crippen LogP contribution in [0.2, 0.25) is 0 Å². The third-order valence-electron chi connectivity index (χ3n) is 2.83. The number of nitrogens with zero attached hydrogens (tertiary/aromatic N) is 2. The zero-order valence-corrected chi connectivity index (χ0v) is 11.1. The summed E-state index contributed by atoms with van der Waals surface area (Å²) in [5.41, 5.74) is 5.14. The van der Waals surface area contributed by atoms with Crippen molar-refractivity contribution in [1.29, 1.82) is 0 Å². The zero-order chi connectivity index (χ0) is 15.6. The minimum absolute atomic E-state index is 0.0399. The number of benzene rings is 1. The number of nitrogens with one attached hydrogen (secondary N) is 1. The van der Waals surface area contributed by atoms with Crippen molar-refractivity contribution in [2.24, 2.45) is 0 Å². The average Bonchev–Trinajstić information content (AvgIpc) is 2.79. The number of nitrogens with two attached hydrogens (primary N) is 1. The number of nitrogen functional groups attached to an aromatic ring is 1. The molecule has 112 valence electrons. The Morgan fingerprint density at radius 3 is 2.76 bits per heavy atom. The lowest BCUT2D eigenvalue weighted by atomic mass is 10.2. The molecule has 2 aromatic rings. The van der Waals surface area contributed by atoms with Gasteiger partial charge in [0.15, 0.2) is 0 Å². The Labute approximate surface area is 118 Å². The fourth-order valence-corrected chi connectivity index (χ4v) is 1.85. The van der Waals surface area contributed by atoms with Gasteiger partial charge in [-0.2, -0.15) is 18.3 Å². The lowest BCUT2D eigenvalue weighted by molar-refractivity contribution is -0.137. The van der Waals surface area contributed by atoms with Crippen LogP contribution < -0.4 is 11.1 Å². The van der Waals surface area contributed by atoms with Crippen LogP contribution in [-0.4, -0.2) is 15.7 Å². The molecule has 0 spiro atoms. The molecule has 0 radical (unpaired) electrons. The van der Waals surface area contributed by atoms with Crippen LogP contribution in [0.3, 0.4) is 0 Å². The van der Waals surface area contributed by atoms with Gasteiger partial charge in [0, 0.05) is 12.2 Å². The lowest BCUT2D eigenvalue weighted by Crippen LogP contribution is -2.19. The molecule has 0 saturated carbocycles. The van der Waals surface area contributed by atoms with Crippen molar-refractivity contribution in [2.45, 2.75) is 19.6 Å². The van der Waals surface area contributed by atoms with E-state index >= 15 is 0 Å². The van der Waals surface area contributed by atoms with Crippen LogP contribution in [-0.2, 0) is 12.7 Å². The first kappa shape index (κ1) is 14.9. The lowest BCUT2D eigenvalue weighted by Gasteiger charge is -2.10. The highest BCUT2D eigenvalue weighted by molar-refractivity contribution is 6.06. The Morgan fingerprint density at radius 1 is 1.43 bits per heavy atom. The van der Waals surface area contributed by atoms with Gasteiger partial charge in [-0.3, -0.25) is 9.48 Å². The summed E-state index contributed by atoms with van der Waals surface area (Å²) in [6.45, 7) is 2.19. The molecule has 1 aromatic heterocycles. The highest BCUT2D eigenvalue weighted by Crippen LogP contribution is 2.30. The molecule has 0 aliphatic heterocycles. The number of aryl methyl sites for hydroxylation is 1. The summed E-state index contributed by atoms with van der Waals surface area (Å²) in [6, 6.07) is 4.38. The first-order valence-corrected chi connectivity index (χ1v) is 6.12. The molecular weight excluding hydrogens is 285 g/mol. The maximum atomic E-state index is 12.6. The maximum Gasteiger partial charge on any atom is 0.416 e. The van der Waals surface area contributed by atoms with Gasteiger partial charge in [-0.1, -0.05) is 6.07 Å². The first-order valence-electron chi connectivity index (χ1n) is 6.12. The van der Waals surface area contributed by atoms with Crippen LogP contribution in [0, 0.1) is 0 Å². The molecule has 0 bridgehead atoms. The summed E-state index contributed by atoms with van der Waals surface area (Å²) in [7, 11) is 0. The van der Waals surface area contributed by atoms with Crippen molar-refractivity contribution in [3.8, 4) is 0 Å². The predicted octanol–water partition coefficient (Wildman–Crippen LogP) is 2.76. The quantitative estimate of drug-likeness (QED) is 0.915. The van der Waals surface area contributed by atoms with E-state index in [4.69, 9.17) is 5.73 Å². The Kier molecular flexibility index (Phi) is 3.88. The van der Waals surface area contributed by atoms with Crippen molar-refractivity contribution in [3.05, 3.63) is 41.7 Å². The molecule has 2 rings (SSSR count). The maximum absolute atomic E-state index is 12.6. The number of alkyl halides is 3. The summed E-state index contributed by atoms with van der Waals surface area (Å²) < 4.78 is 39.2. The fourth-order valence-electron chi connectivity index (χ4n) is 1.85. The molecule has 0 atom stereocenters. The Morgan fingerprint density at radius 2 is 2.14 bits per heavy atom. The van der Waals surface area contributed by atoms with Crippen LogP contribution in [0.5, 0.6) is 0 Å². The minimum Gasteiger partial charge on any atom is -0.396 e. The first-order chi connectivity index (χ1) is 9.82. The van der Waals surface area contributed by atoms with E-state index in [2.05, 4.69) is 10.4 Å². The van der Waals surface area contributed by atoms with Crippen molar-refractivity contribution in [3.63, 3.8) is 0 Å². The van der Waals surface area contributed by atoms with Crippen LogP contribution in [0.4, 0.5) is 24.5 Å². The predicted molar refractivity (Wildman–Crippen MR) is 71.7 cm³/mol. The molecule has 5 nitrogen and oxygen atoms in total. The van der Waals surface area contributed by atoms with Gasteiger partial charge in [0.05, 0.1) is 17.4 Å². The minimum atomic E-state index is -4.47. The number of carbonyl (C=O) groups is 1. The van der Waals surface area contributed by atoms with E-state index in [0.717, 1.165) is 12.1 Å². The van der Waals surface area contributed by atoms with Gasteiger partial charge in [-0.15, -0.1) is 0 Å². The van der Waals surface area contributed by atoms with Crippen LogP contribution in [0.25, 0.3) is 0 Å². The third kappa shape index (κ3) is 3.15. The molecule has 1 aromatic carbocycles. The molecule has 8 heteroatoms. The largest absolute Gasteiger partial charge is 0.416 e.